The number of aliphatic hydroxyl groups excluding tert-OH is 1. The molecule has 1 N–H and O–H groups in total. The fourth-order valence-electron chi connectivity index (χ4n) is 1.43. The van der Waals surface area contributed by atoms with Crippen LogP contribution in [0.2, 0.25) is 0 Å². The number of methoxy groups -OCH3 is 1. The molecule has 0 saturated carbocycles. The molecular weight excluding hydrogens is 252 g/mol. The van der Waals surface area contributed by atoms with Crippen molar-refractivity contribution >= 4 is 17.7 Å². The van der Waals surface area contributed by atoms with Crippen molar-refractivity contribution < 1.29 is 19.4 Å². The quantitative estimate of drug-likeness (QED) is 0.760. The number of rotatable bonds is 7. The second kappa shape index (κ2) is 8.13. The molecule has 4 nitrogen and oxygen atoms in total. The van der Waals surface area contributed by atoms with Gasteiger partial charge in [0.05, 0.1) is 25.6 Å². The van der Waals surface area contributed by atoms with Crippen molar-refractivity contribution in [2.75, 3.05) is 20.0 Å². The van der Waals surface area contributed by atoms with E-state index in [-0.39, 0.29) is 5.25 Å². The van der Waals surface area contributed by atoms with Gasteiger partial charge in [0.2, 0.25) is 0 Å². The average molecular weight is 270 g/mol. The van der Waals surface area contributed by atoms with Crippen molar-refractivity contribution in [1.82, 2.24) is 0 Å². The highest BCUT2D eigenvalue weighted by molar-refractivity contribution is 7.99. The van der Waals surface area contributed by atoms with E-state index in [4.69, 9.17) is 4.74 Å². The van der Waals surface area contributed by atoms with Crippen molar-refractivity contribution in [3.63, 3.8) is 0 Å². The van der Waals surface area contributed by atoms with E-state index < -0.39 is 12.1 Å². The van der Waals surface area contributed by atoms with E-state index in [1.54, 1.807) is 0 Å². The fourth-order valence-corrected chi connectivity index (χ4v) is 2.03. The lowest BCUT2D eigenvalue weighted by Gasteiger charge is -2.19. The summed E-state index contributed by atoms with van der Waals surface area (Å²) in [6, 6.07) is 9.74. The van der Waals surface area contributed by atoms with E-state index in [0.717, 1.165) is 5.56 Å². The third-order valence-electron chi connectivity index (χ3n) is 2.49. The summed E-state index contributed by atoms with van der Waals surface area (Å²) in [5.74, 6) is -0.627. The molecule has 5 heteroatoms. The van der Waals surface area contributed by atoms with Crippen molar-refractivity contribution in [3.8, 4) is 0 Å². The van der Waals surface area contributed by atoms with Gasteiger partial charge in [0.25, 0.3) is 0 Å². The molecule has 0 aliphatic heterocycles. The van der Waals surface area contributed by atoms with Gasteiger partial charge in [0.1, 0.15) is 0 Å². The second-order valence-electron chi connectivity index (χ2n) is 3.74. The van der Waals surface area contributed by atoms with E-state index in [1.807, 2.05) is 36.6 Å². The number of benzene rings is 1. The Labute approximate surface area is 111 Å². The SMILES string of the molecule is COC(=O)C(O)C(COCc1ccccc1)SC. The van der Waals surface area contributed by atoms with E-state index in [9.17, 15) is 9.90 Å². The van der Waals surface area contributed by atoms with Crippen LogP contribution in [0.25, 0.3) is 0 Å². The second-order valence-corrected chi connectivity index (χ2v) is 4.82. The number of ether oxygens (including phenoxy) is 2. The zero-order valence-electron chi connectivity index (χ0n) is 10.5. The molecule has 0 saturated heterocycles. The van der Waals surface area contributed by atoms with Gasteiger partial charge in [-0.1, -0.05) is 30.3 Å². The summed E-state index contributed by atoms with van der Waals surface area (Å²) < 4.78 is 10.0. The van der Waals surface area contributed by atoms with Gasteiger partial charge >= 0.3 is 5.97 Å². The van der Waals surface area contributed by atoms with Crippen molar-refractivity contribution in [2.24, 2.45) is 0 Å². The van der Waals surface area contributed by atoms with Crippen LogP contribution in [0.4, 0.5) is 0 Å². The maximum absolute atomic E-state index is 11.2. The molecule has 18 heavy (non-hydrogen) atoms. The predicted molar refractivity (Wildman–Crippen MR) is 71.4 cm³/mol. The summed E-state index contributed by atoms with van der Waals surface area (Å²) >= 11 is 1.38. The van der Waals surface area contributed by atoms with Gasteiger partial charge in [-0.25, -0.2) is 4.79 Å². The van der Waals surface area contributed by atoms with E-state index in [2.05, 4.69) is 4.74 Å². The first-order chi connectivity index (χ1) is 8.69. The Morgan fingerprint density at radius 1 is 1.39 bits per heavy atom. The zero-order chi connectivity index (χ0) is 13.4. The Hall–Kier alpha value is -1.04. The molecule has 0 radical (unpaired) electrons. The van der Waals surface area contributed by atoms with Crippen LogP contribution in [0.1, 0.15) is 5.56 Å². The first kappa shape index (κ1) is 15.0. The third kappa shape index (κ3) is 4.68. The molecule has 0 amide bonds. The number of carbonyl (C=O) groups is 1. The van der Waals surface area contributed by atoms with Crippen LogP contribution in [0.5, 0.6) is 0 Å². The number of thioether (sulfide) groups is 1. The summed E-state index contributed by atoms with van der Waals surface area (Å²) in [5, 5.41) is 9.38. The molecule has 0 bridgehead atoms. The van der Waals surface area contributed by atoms with Gasteiger partial charge in [-0.3, -0.25) is 0 Å². The molecule has 2 atom stereocenters. The molecule has 0 aliphatic carbocycles. The summed E-state index contributed by atoms with van der Waals surface area (Å²) in [6.45, 7) is 0.762. The maximum Gasteiger partial charge on any atom is 0.335 e. The van der Waals surface area contributed by atoms with Crippen LogP contribution < -0.4 is 0 Å². The average Bonchev–Trinajstić information content (AvgIpc) is 2.43. The number of aliphatic hydroxyl groups is 1. The molecule has 0 heterocycles. The highest BCUT2D eigenvalue weighted by Gasteiger charge is 2.26. The maximum atomic E-state index is 11.2. The molecule has 1 rings (SSSR count). The van der Waals surface area contributed by atoms with Gasteiger partial charge in [0.15, 0.2) is 6.10 Å². The Morgan fingerprint density at radius 2 is 2.06 bits per heavy atom. The van der Waals surface area contributed by atoms with Crippen molar-refractivity contribution in [3.05, 3.63) is 35.9 Å². The Kier molecular flexibility index (Phi) is 6.78. The van der Waals surface area contributed by atoms with Crippen LogP contribution in [-0.4, -0.2) is 42.4 Å². The van der Waals surface area contributed by atoms with Crippen LogP contribution in [0.3, 0.4) is 0 Å². The molecule has 1 aromatic rings. The first-order valence-electron chi connectivity index (χ1n) is 5.59. The lowest BCUT2D eigenvalue weighted by molar-refractivity contribution is -0.150. The van der Waals surface area contributed by atoms with Crippen LogP contribution in [0, 0.1) is 0 Å². The molecule has 0 aromatic heterocycles. The van der Waals surface area contributed by atoms with Crippen molar-refractivity contribution in [1.29, 1.82) is 0 Å². The van der Waals surface area contributed by atoms with Crippen LogP contribution >= 0.6 is 11.8 Å². The Balaban J connectivity index is 2.38. The van der Waals surface area contributed by atoms with Gasteiger partial charge < -0.3 is 14.6 Å². The molecule has 100 valence electrons. The summed E-state index contributed by atoms with van der Waals surface area (Å²) in [4.78, 5) is 11.2. The number of hydrogen-bond donors (Lipinski definition) is 1. The van der Waals surface area contributed by atoms with Crippen molar-refractivity contribution in [2.45, 2.75) is 18.0 Å². The number of carbonyl (C=O) groups excluding carboxylic acids is 1. The molecule has 0 fully saturated rings. The minimum atomic E-state index is -1.15. The highest BCUT2D eigenvalue weighted by atomic mass is 32.2. The molecular formula is C13H18O4S. The Bertz CT molecular complexity index is 355. The summed E-state index contributed by atoms with van der Waals surface area (Å²) in [6.07, 6.45) is 0.670. The van der Waals surface area contributed by atoms with Gasteiger partial charge in [-0.15, -0.1) is 0 Å². The van der Waals surface area contributed by atoms with E-state index in [1.165, 1.54) is 18.9 Å². The smallest absolute Gasteiger partial charge is 0.335 e. The van der Waals surface area contributed by atoms with E-state index in [0.29, 0.717) is 13.2 Å². The highest BCUT2D eigenvalue weighted by Crippen LogP contribution is 2.14. The van der Waals surface area contributed by atoms with E-state index >= 15 is 0 Å². The fraction of sp³-hybridized carbons (Fsp3) is 0.462. The third-order valence-corrected chi connectivity index (χ3v) is 3.49. The first-order valence-corrected chi connectivity index (χ1v) is 6.88. The van der Waals surface area contributed by atoms with Gasteiger partial charge in [-0.2, -0.15) is 11.8 Å². The number of hydrogen-bond acceptors (Lipinski definition) is 5. The largest absolute Gasteiger partial charge is 0.467 e. The topological polar surface area (TPSA) is 55.8 Å². The molecule has 0 spiro atoms. The lowest BCUT2D eigenvalue weighted by atomic mass is 10.2. The van der Waals surface area contributed by atoms with Crippen LogP contribution in [-0.2, 0) is 20.9 Å². The minimum Gasteiger partial charge on any atom is -0.467 e. The molecule has 2 unspecified atom stereocenters. The summed E-state index contributed by atoms with van der Waals surface area (Å²) in [5.41, 5.74) is 1.06. The lowest BCUT2D eigenvalue weighted by Crippen LogP contribution is -2.35. The van der Waals surface area contributed by atoms with Gasteiger partial charge in [0, 0.05) is 0 Å². The Morgan fingerprint density at radius 3 is 2.61 bits per heavy atom. The minimum absolute atomic E-state index is 0.298. The summed E-state index contributed by atoms with van der Waals surface area (Å²) in [7, 11) is 1.26. The normalized spacial score (nSPS) is 13.9. The number of esters is 1. The predicted octanol–water partition coefficient (Wildman–Crippen LogP) is 1.47. The molecule has 0 aliphatic rings. The van der Waals surface area contributed by atoms with Crippen LogP contribution in [0.15, 0.2) is 30.3 Å². The molecule has 1 aromatic carbocycles. The monoisotopic (exact) mass is 270 g/mol. The standard InChI is InChI=1S/C13H18O4S/c1-16-13(15)12(14)11(18-2)9-17-8-10-6-4-3-5-7-10/h3-7,11-12,14H,8-9H2,1-2H3. The van der Waals surface area contributed by atoms with Gasteiger partial charge in [-0.05, 0) is 11.8 Å². The zero-order valence-corrected chi connectivity index (χ0v) is 11.4.